The molecule has 110 valence electrons. The van der Waals surface area contributed by atoms with Crippen molar-refractivity contribution < 1.29 is 0 Å². The number of hydrogen-bond donors (Lipinski definition) is 1. The Morgan fingerprint density at radius 1 is 1.25 bits per heavy atom. The zero-order valence-electron chi connectivity index (χ0n) is 12.7. The molecule has 4 nitrogen and oxygen atoms in total. The first-order valence-corrected chi connectivity index (χ1v) is 7.85. The van der Waals surface area contributed by atoms with Crippen molar-refractivity contribution in [3.05, 3.63) is 23.0 Å². The van der Waals surface area contributed by atoms with Gasteiger partial charge < -0.3 is 10.6 Å². The van der Waals surface area contributed by atoms with Crippen LogP contribution in [0, 0.1) is 13.8 Å². The van der Waals surface area contributed by atoms with E-state index in [1.165, 1.54) is 43.6 Å². The molecule has 4 heteroatoms. The molecule has 2 N–H and O–H groups in total. The minimum atomic E-state index is 0.583. The Morgan fingerprint density at radius 2 is 2.05 bits per heavy atom. The lowest BCUT2D eigenvalue weighted by atomic mass is 10.1. The van der Waals surface area contributed by atoms with E-state index >= 15 is 0 Å². The standard InChI is InChI=1S/C16H26N4/c1-12-9-16(15(10-17)13(2)18-12)20-8-4-7-19-6-3-5-14(19)11-20/h9,14H,3-8,10-11,17H2,1-2H3. The highest BCUT2D eigenvalue weighted by Crippen LogP contribution is 2.28. The van der Waals surface area contributed by atoms with E-state index in [9.17, 15) is 0 Å². The first kappa shape index (κ1) is 13.8. The molecule has 2 fully saturated rings. The minimum Gasteiger partial charge on any atom is -0.370 e. The molecule has 2 aliphatic rings. The molecule has 3 heterocycles. The van der Waals surface area contributed by atoms with Gasteiger partial charge in [-0.15, -0.1) is 0 Å². The summed E-state index contributed by atoms with van der Waals surface area (Å²) < 4.78 is 0. The van der Waals surface area contributed by atoms with E-state index in [1.54, 1.807) is 0 Å². The third kappa shape index (κ3) is 2.54. The van der Waals surface area contributed by atoms with Crippen molar-refractivity contribution in [1.29, 1.82) is 0 Å². The van der Waals surface area contributed by atoms with Gasteiger partial charge in [0.05, 0.1) is 0 Å². The summed E-state index contributed by atoms with van der Waals surface area (Å²) in [5.74, 6) is 0. The summed E-state index contributed by atoms with van der Waals surface area (Å²) in [6, 6.07) is 2.96. The van der Waals surface area contributed by atoms with Crippen LogP contribution in [0.3, 0.4) is 0 Å². The molecule has 0 spiro atoms. The molecular formula is C16H26N4. The zero-order chi connectivity index (χ0) is 14.1. The van der Waals surface area contributed by atoms with Gasteiger partial charge in [-0.25, -0.2) is 0 Å². The molecular weight excluding hydrogens is 248 g/mol. The average Bonchev–Trinajstić information content (AvgIpc) is 2.75. The summed E-state index contributed by atoms with van der Waals surface area (Å²) in [4.78, 5) is 9.80. The van der Waals surface area contributed by atoms with Gasteiger partial charge in [0, 0.05) is 54.9 Å². The van der Waals surface area contributed by atoms with Crippen LogP contribution in [-0.2, 0) is 6.54 Å². The quantitative estimate of drug-likeness (QED) is 0.894. The maximum atomic E-state index is 5.98. The van der Waals surface area contributed by atoms with Gasteiger partial charge in [-0.1, -0.05) is 0 Å². The molecule has 3 rings (SSSR count). The number of nitrogens with zero attached hydrogens (tertiary/aromatic N) is 3. The summed E-state index contributed by atoms with van der Waals surface area (Å²) >= 11 is 0. The predicted octanol–water partition coefficient (Wildman–Crippen LogP) is 1.83. The van der Waals surface area contributed by atoms with E-state index in [1.807, 2.05) is 0 Å². The number of aromatic nitrogens is 1. The molecule has 0 saturated carbocycles. The Bertz CT molecular complexity index is 486. The summed E-state index contributed by atoms with van der Waals surface area (Å²) in [6.07, 6.45) is 3.95. The largest absolute Gasteiger partial charge is 0.370 e. The molecule has 2 aliphatic heterocycles. The fraction of sp³-hybridized carbons (Fsp3) is 0.688. The Kier molecular flexibility index (Phi) is 3.94. The van der Waals surface area contributed by atoms with Gasteiger partial charge >= 0.3 is 0 Å². The minimum absolute atomic E-state index is 0.583. The number of nitrogens with two attached hydrogens (primary N) is 1. The van der Waals surface area contributed by atoms with Crippen LogP contribution in [0.1, 0.15) is 36.2 Å². The second-order valence-corrected chi connectivity index (χ2v) is 6.18. The second kappa shape index (κ2) is 5.70. The number of anilines is 1. The zero-order valence-corrected chi connectivity index (χ0v) is 12.7. The van der Waals surface area contributed by atoms with E-state index in [4.69, 9.17) is 5.73 Å². The highest BCUT2D eigenvalue weighted by atomic mass is 15.3. The Morgan fingerprint density at radius 3 is 2.85 bits per heavy atom. The lowest BCUT2D eigenvalue weighted by Crippen LogP contribution is -2.37. The van der Waals surface area contributed by atoms with E-state index in [-0.39, 0.29) is 0 Å². The first-order valence-electron chi connectivity index (χ1n) is 7.85. The maximum Gasteiger partial charge on any atom is 0.0448 e. The number of rotatable bonds is 2. The summed E-state index contributed by atoms with van der Waals surface area (Å²) in [5.41, 5.74) is 10.7. The van der Waals surface area contributed by atoms with E-state index in [0.29, 0.717) is 6.54 Å². The lowest BCUT2D eigenvalue weighted by Gasteiger charge is -2.29. The fourth-order valence-corrected chi connectivity index (χ4v) is 3.79. The highest BCUT2D eigenvalue weighted by Gasteiger charge is 2.29. The van der Waals surface area contributed by atoms with Gasteiger partial charge in [0.1, 0.15) is 0 Å². The molecule has 0 aromatic carbocycles. The normalized spacial score (nSPS) is 23.8. The van der Waals surface area contributed by atoms with Crippen LogP contribution >= 0.6 is 0 Å². The van der Waals surface area contributed by atoms with E-state index in [2.05, 4.69) is 34.7 Å². The third-order valence-electron chi connectivity index (χ3n) is 4.78. The Hall–Kier alpha value is -1.13. The molecule has 2 saturated heterocycles. The van der Waals surface area contributed by atoms with Crippen molar-refractivity contribution in [2.75, 3.05) is 31.1 Å². The topological polar surface area (TPSA) is 45.4 Å². The van der Waals surface area contributed by atoms with Gasteiger partial charge in [-0.3, -0.25) is 9.88 Å². The molecule has 1 atom stereocenters. The van der Waals surface area contributed by atoms with Gasteiger partial charge in [0.25, 0.3) is 0 Å². The van der Waals surface area contributed by atoms with Crippen LogP contribution in [-0.4, -0.2) is 42.1 Å². The lowest BCUT2D eigenvalue weighted by molar-refractivity contribution is 0.273. The van der Waals surface area contributed by atoms with Gasteiger partial charge in [-0.05, 0) is 45.7 Å². The summed E-state index contributed by atoms with van der Waals surface area (Å²) in [6.45, 7) is 9.58. The molecule has 0 bridgehead atoms. The van der Waals surface area contributed by atoms with Crippen LogP contribution in [0.4, 0.5) is 5.69 Å². The fourth-order valence-electron chi connectivity index (χ4n) is 3.79. The van der Waals surface area contributed by atoms with Gasteiger partial charge in [0.2, 0.25) is 0 Å². The van der Waals surface area contributed by atoms with Crippen LogP contribution in [0.15, 0.2) is 6.07 Å². The number of hydrogen-bond acceptors (Lipinski definition) is 4. The predicted molar refractivity (Wildman–Crippen MR) is 83.0 cm³/mol. The molecule has 0 amide bonds. The monoisotopic (exact) mass is 274 g/mol. The van der Waals surface area contributed by atoms with Gasteiger partial charge in [0.15, 0.2) is 0 Å². The van der Waals surface area contributed by atoms with Crippen molar-refractivity contribution in [1.82, 2.24) is 9.88 Å². The SMILES string of the molecule is Cc1cc(N2CCCN3CCCC3C2)c(CN)c(C)n1. The van der Waals surface area contributed by atoms with Crippen LogP contribution in [0.2, 0.25) is 0 Å². The highest BCUT2D eigenvalue weighted by molar-refractivity contribution is 5.56. The van der Waals surface area contributed by atoms with Crippen molar-refractivity contribution >= 4 is 5.69 Å². The van der Waals surface area contributed by atoms with E-state index in [0.717, 1.165) is 30.5 Å². The second-order valence-electron chi connectivity index (χ2n) is 6.18. The van der Waals surface area contributed by atoms with Crippen LogP contribution < -0.4 is 10.6 Å². The molecule has 1 aromatic rings. The Labute approximate surface area is 122 Å². The van der Waals surface area contributed by atoms with Crippen molar-refractivity contribution in [3.63, 3.8) is 0 Å². The van der Waals surface area contributed by atoms with Crippen molar-refractivity contribution in [3.8, 4) is 0 Å². The van der Waals surface area contributed by atoms with Crippen LogP contribution in [0.25, 0.3) is 0 Å². The van der Waals surface area contributed by atoms with Crippen LogP contribution in [0.5, 0.6) is 0 Å². The first-order chi connectivity index (χ1) is 9.69. The molecule has 1 unspecified atom stereocenters. The summed E-state index contributed by atoms with van der Waals surface area (Å²) in [7, 11) is 0. The smallest absolute Gasteiger partial charge is 0.0448 e. The number of pyridine rings is 1. The Balaban J connectivity index is 1.91. The number of fused-ring (bicyclic) bond motifs is 1. The third-order valence-corrected chi connectivity index (χ3v) is 4.78. The van der Waals surface area contributed by atoms with Crippen molar-refractivity contribution in [2.24, 2.45) is 5.73 Å². The molecule has 0 aliphatic carbocycles. The average molecular weight is 274 g/mol. The summed E-state index contributed by atoms with van der Waals surface area (Å²) in [5, 5.41) is 0. The molecule has 1 aromatic heterocycles. The number of aryl methyl sites for hydroxylation is 2. The maximum absolute atomic E-state index is 5.98. The van der Waals surface area contributed by atoms with Crippen molar-refractivity contribution in [2.45, 2.75) is 45.7 Å². The van der Waals surface area contributed by atoms with E-state index < -0.39 is 0 Å². The molecule has 20 heavy (non-hydrogen) atoms. The molecule has 0 radical (unpaired) electrons. The van der Waals surface area contributed by atoms with Gasteiger partial charge in [-0.2, -0.15) is 0 Å².